The number of carbonyl (C=O) groups excluding carboxylic acids is 20. The Morgan fingerprint density at radius 2 is 0.692 bits per heavy atom. The van der Waals surface area contributed by atoms with Crippen LogP contribution in [-0.4, -0.2) is 354 Å². The number of hydrogen-bond donors (Lipinski definition) is 28. The lowest BCUT2D eigenvalue weighted by Crippen LogP contribution is -2.63. The van der Waals surface area contributed by atoms with E-state index in [2.05, 4.69) is 95.7 Å². The third kappa shape index (κ3) is 39.3. The minimum Gasteiger partial charge on any atom is -0.480 e. The van der Waals surface area contributed by atoms with Gasteiger partial charge in [-0.05, 0) is 122 Å². The zero-order valence-corrected chi connectivity index (χ0v) is 77.3. The van der Waals surface area contributed by atoms with Crippen LogP contribution in [0, 0.1) is 29.6 Å². The molecule has 1 heterocycles. The van der Waals surface area contributed by atoms with Gasteiger partial charge in [0.1, 0.15) is 96.7 Å². The number of carbonyl (C=O) groups is 21. The zero-order chi connectivity index (χ0) is 99.9. The molecule has 1 aliphatic heterocycles. The largest absolute Gasteiger partial charge is 0.480 e. The molecule has 738 valence electrons. The summed E-state index contributed by atoms with van der Waals surface area (Å²) < 4.78 is 0. The molecule has 0 unspecified atom stereocenters. The Hall–Kier alpha value is -11.1. The molecule has 0 aromatic heterocycles. The van der Waals surface area contributed by atoms with Crippen molar-refractivity contribution in [3.05, 3.63) is 0 Å². The van der Waals surface area contributed by atoms with Gasteiger partial charge in [0.05, 0.1) is 63.4 Å². The van der Waals surface area contributed by atoms with Crippen LogP contribution in [0.25, 0.3) is 0 Å². The van der Waals surface area contributed by atoms with Crippen molar-refractivity contribution in [2.45, 2.75) is 289 Å². The number of likely N-dealkylation sites (tertiary alicyclic amines) is 1. The van der Waals surface area contributed by atoms with Crippen molar-refractivity contribution in [1.29, 1.82) is 0 Å². The summed E-state index contributed by atoms with van der Waals surface area (Å²) >= 11 is 1.28. The summed E-state index contributed by atoms with van der Waals surface area (Å²) in [6, 6.07) is -28.4. The van der Waals surface area contributed by atoms with Gasteiger partial charge in [-0.25, -0.2) is 4.79 Å². The number of amides is 20. The van der Waals surface area contributed by atoms with Gasteiger partial charge in [0.15, 0.2) is 6.04 Å². The molecule has 1 rings (SSSR count). The average molecular weight is 1880 g/mol. The minimum absolute atomic E-state index is 0.0596. The number of aliphatic hydroxyl groups is 7. The van der Waals surface area contributed by atoms with E-state index in [0.717, 1.165) is 39.5 Å². The van der Waals surface area contributed by atoms with Crippen molar-refractivity contribution in [2.24, 2.45) is 41.1 Å². The molecule has 50 nitrogen and oxygen atoms in total. The number of aliphatic hydroxyl groups excluding tert-OH is 7. The molecular formula is C79H137N21O29S. The summed E-state index contributed by atoms with van der Waals surface area (Å²) in [5.41, 5.74) is 11.1. The summed E-state index contributed by atoms with van der Waals surface area (Å²) in [4.78, 5) is 282. The highest BCUT2D eigenvalue weighted by Gasteiger charge is 2.44. The van der Waals surface area contributed by atoms with E-state index in [1.54, 1.807) is 20.1 Å². The van der Waals surface area contributed by atoms with Crippen LogP contribution in [0.2, 0.25) is 0 Å². The van der Waals surface area contributed by atoms with E-state index in [9.17, 15) is 142 Å². The molecule has 130 heavy (non-hydrogen) atoms. The first-order valence-corrected chi connectivity index (χ1v) is 43.8. The molecular weight excluding hydrogens is 1740 g/mol. The fourth-order valence-electron chi connectivity index (χ4n) is 12.5. The van der Waals surface area contributed by atoms with E-state index in [1.165, 1.54) is 67.2 Å². The SMILES string of the molecule is CSCC[C@H](NC(=O)[C@@H](NC(=O)[C@H](CC(C)C)NC(=O)[C@H](C)N)C(C)C)C(=O)N[C@H](C(=O)N[C@@H](CCC(N)=O)C(=O)N[C@H](C(=O)N1CCC[C@H]1C(=O)N[C@@H](CO)C(=O)N[C@@H](CO)C(=O)N[C@H](C(=O)N[C@@H](CO)C(=O)N[C@@H](C)C(=O)N[C@@H](C)C(=O)N[C@H](C(=O)NCC(=O)NCC(=O)N[C@H](C(=O)N[C@H](C(=O)N[C@H](C(=O)O)[C@@H](C)O)C(C)C)[C@@H](C)O)C(C)C)C(C)C)[C@@H](C)O)[C@@H](C)O. The zero-order valence-electron chi connectivity index (χ0n) is 76.4. The Morgan fingerprint density at radius 3 is 1.13 bits per heavy atom. The molecule has 0 saturated carbocycles. The number of carboxylic acid groups (broad SMARTS) is 1. The first kappa shape index (κ1) is 117. The van der Waals surface area contributed by atoms with Crippen LogP contribution < -0.4 is 107 Å². The van der Waals surface area contributed by atoms with Gasteiger partial charge >= 0.3 is 5.97 Å². The van der Waals surface area contributed by atoms with Crippen LogP contribution in [-0.2, 0) is 101 Å². The molecule has 1 fully saturated rings. The Bertz CT molecular complexity index is 3910. The quantitative estimate of drug-likeness (QED) is 0.0269. The van der Waals surface area contributed by atoms with Gasteiger partial charge in [0, 0.05) is 13.0 Å². The normalized spacial score (nSPS) is 17.4. The van der Waals surface area contributed by atoms with Crippen LogP contribution in [0.5, 0.6) is 0 Å². The second kappa shape index (κ2) is 57.2. The highest BCUT2D eigenvalue weighted by atomic mass is 32.2. The number of hydrogen-bond acceptors (Lipinski definition) is 30. The maximum Gasteiger partial charge on any atom is 0.328 e. The van der Waals surface area contributed by atoms with E-state index >= 15 is 0 Å². The third-order valence-electron chi connectivity index (χ3n) is 20.2. The molecule has 1 aliphatic rings. The highest BCUT2D eigenvalue weighted by Crippen LogP contribution is 2.21. The standard InChI is InChI=1S/C79H137N21O29S/c1-32(2)26-46(88-62(111)37(11)80)67(116)94-55(34(5)6)73(122)87-45(23-25-130-18)66(115)97-59(41(15)105)76(125)86-44(21-22-51(81)108)65(114)98-60(42(16)106)78(127)100-24-19-20-50(100)71(120)90-48(30-102)69(118)89-49(31-103)70(119)95-56(35(7)8)74(123)91-47(29-101)68(117)85-38(12)63(112)84-39(13)64(113)93-54(33(3)4)72(121)83-27-52(109)82-28-53(110)92-58(40(14)104)77(126)96-57(36(9)10)75(124)99-61(43(17)107)79(128)129/h32-50,54-61,101-107H,19-31,80H2,1-18H3,(H2,81,108)(H,82,109)(H,83,121)(H,84,112)(H,85,117)(H,86,125)(H,87,122)(H,88,111)(H,89,118)(H,90,120)(H,91,123)(H,92,110)(H,93,113)(H,94,116)(H,95,119)(H,96,126)(H,97,115)(H,98,114)(H,99,124)(H,128,129)/t37-,38-,39-,40+,41+,42+,43+,44-,45-,46-,47-,48-,49-,50-,54-,55-,56-,57-,58-,59-,60-,61-/m0/s1. The predicted octanol–water partition coefficient (Wildman–Crippen LogP) is -12.4. The van der Waals surface area contributed by atoms with E-state index < -0.39 is 327 Å². The Labute approximate surface area is 756 Å². The second-order valence-electron chi connectivity index (χ2n) is 33.5. The van der Waals surface area contributed by atoms with Gasteiger partial charge < -0.3 is 153 Å². The van der Waals surface area contributed by atoms with Gasteiger partial charge in [0.25, 0.3) is 0 Å². The van der Waals surface area contributed by atoms with Crippen molar-refractivity contribution in [2.75, 3.05) is 51.5 Å². The molecule has 51 heteroatoms. The second-order valence-corrected chi connectivity index (χ2v) is 34.5. The average Bonchev–Trinajstić information content (AvgIpc) is 1.64. The van der Waals surface area contributed by atoms with Crippen LogP contribution >= 0.6 is 11.8 Å². The van der Waals surface area contributed by atoms with Crippen LogP contribution in [0.15, 0.2) is 0 Å². The van der Waals surface area contributed by atoms with Crippen molar-refractivity contribution in [1.82, 2.24) is 101 Å². The van der Waals surface area contributed by atoms with Crippen molar-refractivity contribution >= 4 is 136 Å². The number of rotatable bonds is 57. The lowest BCUT2D eigenvalue weighted by molar-refractivity contribution is -0.145. The first-order chi connectivity index (χ1) is 60.4. The molecule has 1 saturated heterocycles. The lowest BCUT2D eigenvalue weighted by atomic mass is 9.99. The first-order valence-electron chi connectivity index (χ1n) is 42.4. The van der Waals surface area contributed by atoms with Crippen LogP contribution in [0.1, 0.15) is 156 Å². The molecule has 0 aromatic rings. The maximum atomic E-state index is 14.4. The molecule has 0 radical (unpaired) electrons. The van der Waals surface area contributed by atoms with Gasteiger partial charge in [-0.3, -0.25) is 95.9 Å². The summed E-state index contributed by atoms with van der Waals surface area (Å²) in [6.07, 6.45) is -6.00. The Kier molecular flexibility index (Phi) is 51.4. The third-order valence-corrected chi connectivity index (χ3v) is 20.8. The summed E-state index contributed by atoms with van der Waals surface area (Å²) in [6.45, 7) is 18.6. The van der Waals surface area contributed by atoms with Crippen molar-refractivity contribution < 1.29 is 142 Å². The molecule has 22 atom stereocenters. The number of thioether (sulfide) groups is 1. The smallest absolute Gasteiger partial charge is 0.328 e. The number of nitrogens with one attached hydrogen (secondary N) is 18. The molecule has 0 bridgehead atoms. The van der Waals surface area contributed by atoms with Crippen LogP contribution in [0.4, 0.5) is 0 Å². The van der Waals surface area contributed by atoms with Crippen molar-refractivity contribution in [3.8, 4) is 0 Å². The van der Waals surface area contributed by atoms with Gasteiger partial charge in [-0.1, -0.05) is 69.2 Å². The molecule has 0 aliphatic carbocycles. The lowest BCUT2D eigenvalue weighted by Gasteiger charge is -2.32. The van der Waals surface area contributed by atoms with Crippen molar-refractivity contribution in [3.63, 3.8) is 0 Å². The number of primary amides is 1. The summed E-state index contributed by atoms with van der Waals surface area (Å²) in [7, 11) is 0. The monoisotopic (exact) mass is 1880 g/mol. The summed E-state index contributed by atoms with van der Waals surface area (Å²) in [5.74, 6) is -24.8. The minimum atomic E-state index is -1.95. The van der Waals surface area contributed by atoms with E-state index in [-0.39, 0.29) is 43.9 Å². The number of nitrogens with two attached hydrogens (primary N) is 2. The molecule has 20 amide bonds. The van der Waals surface area contributed by atoms with E-state index in [4.69, 9.17) is 11.5 Å². The molecule has 0 aromatic carbocycles. The van der Waals surface area contributed by atoms with E-state index in [1.807, 2.05) is 13.8 Å². The van der Waals surface area contributed by atoms with Gasteiger partial charge in [0.2, 0.25) is 118 Å². The number of aliphatic carboxylic acids is 1. The predicted molar refractivity (Wildman–Crippen MR) is 462 cm³/mol. The summed E-state index contributed by atoms with van der Waals surface area (Å²) in [5, 5.41) is 124. The van der Waals surface area contributed by atoms with E-state index in [0.29, 0.717) is 0 Å². The van der Waals surface area contributed by atoms with Gasteiger partial charge in [-0.15, -0.1) is 0 Å². The Morgan fingerprint density at radius 1 is 0.362 bits per heavy atom. The number of nitrogens with zero attached hydrogens (tertiary/aromatic N) is 1. The fourth-order valence-corrected chi connectivity index (χ4v) is 13.0. The fraction of sp³-hybridized carbons (Fsp3) is 0.734. The number of carboxylic acids is 1. The molecule has 30 N–H and O–H groups in total. The topological polar surface area (TPSA) is 792 Å². The van der Waals surface area contributed by atoms with Gasteiger partial charge in [-0.2, -0.15) is 11.8 Å². The maximum absolute atomic E-state index is 14.4. The van der Waals surface area contributed by atoms with Crippen LogP contribution in [0.3, 0.4) is 0 Å². The Balaban J connectivity index is 3.16. The highest BCUT2D eigenvalue weighted by molar-refractivity contribution is 7.98. The molecule has 0 spiro atoms.